The van der Waals surface area contributed by atoms with Crippen LogP contribution in [0.15, 0.2) is 62.7 Å². The smallest absolute Gasteiger partial charge is 0.330 e. The van der Waals surface area contributed by atoms with Gasteiger partial charge >= 0.3 is 41.8 Å². The fraction of sp³-hybridized carbons (Fsp3) is 0.432. The van der Waals surface area contributed by atoms with Crippen molar-refractivity contribution in [3.05, 3.63) is 75.5 Å². The number of allylic oxidation sites excluding steroid dienone is 1. The third-order valence-corrected chi connectivity index (χ3v) is 13.0. The van der Waals surface area contributed by atoms with Gasteiger partial charge in [0, 0.05) is 12.5 Å². The Morgan fingerprint density at radius 3 is 1.84 bits per heavy atom. The lowest BCUT2D eigenvalue weighted by Gasteiger charge is -2.26. The summed E-state index contributed by atoms with van der Waals surface area (Å²) in [5, 5.41) is 18.9. The van der Waals surface area contributed by atoms with Crippen LogP contribution in [0.2, 0.25) is 0 Å². The summed E-state index contributed by atoms with van der Waals surface area (Å²) in [4.78, 5) is 90.2. The highest BCUT2D eigenvalue weighted by atomic mass is 32.2. The zero-order valence-corrected chi connectivity index (χ0v) is 35.5. The molecule has 16 nitrogen and oxygen atoms in total. The number of rotatable bonds is 17. The van der Waals surface area contributed by atoms with Crippen molar-refractivity contribution in [2.75, 3.05) is 19.8 Å². The number of carbonyl (C=O) groups excluding carboxylic acids is 6. The lowest BCUT2D eigenvalue weighted by atomic mass is 9.82. The van der Waals surface area contributed by atoms with Crippen LogP contribution in [-0.4, -0.2) is 66.7 Å². The highest BCUT2D eigenvalue weighted by Crippen LogP contribution is 2.60. The number of ether oxygens (including phenoxy) is 6. The van der Waals surface area contributed by atoms with E-state index in [1.54, 1.807) is 37.3 Å². The van der Waals surface area contributed by atoms with Crippen LogP contribution >= 0.6 is 23.5 Å². The van der Waals surface area contributed by atoms with E-state index in [2.05, 4.69) is 11.4 Å². The number of aryl methyl sites for hydroxylation is 1. The van der Waals surface area contributed by atoms with Crippen LogP contribution < -0.4 is 14.2 Å². The minimum absolute atomic E-state index is 0.0682. The Labute approximate surface area is 366 Å². The Hall–Kier alpha value is -6.11. The lowest BCUT2D eigenvalue weighted by Crippen LogP contribution is -2.30. The van der Waals surface area contributed by atoms with Crippen LogP contribution in [0.25, 0.3) is 4.85 Å². The summed E-state index contributed by atoms with van der Waals surface area (Å²) in [6, 6.07) is 10.2. The molecule has 3 aliphatic rings. The molecule has 18 heteroatoms. The van der Waals surface area contributed by atoms with E-state index >= 15 is 0 Å². The summed E-state index contributed by atoms with van der Waals surface area (Å²) in [6.07, 6.45) is 4.01. The molecule has 0 radical (unpaired) electrons. The van der Waals surface area contributed by atoms with Crippen molar-refractivity contribution in [3.8, 4) is 23.3 Å². The summed E-state index contributed by atoms with van der Waals surface area (Å²) in [6.45, 7) is 12.2. The number of esters is 6. The molecule has 1 aliphatic heterocycles. The van der Waals surface area contributed by atoms with Crippen molar-refractivity contribution in [2.45, 2.75) is 87.3 Å². The number of benzene rings is 2. The SMILES string of the molecule is [C-]#[N+]/C(C#N)=C1\Sc2c(OC(=O)C3CCC(C(=O)Oc4ccc(CCOC(=O)CCC(=O)OCCOC(=O)C=C)cc4)CC3)cc(C)c(OC(=O)C3CCC(C(=O)O)CC3)c2S1. The van der Waals surface area contributed by atoms with Crippen molar-refractivity contribution < 1.29 is 67.1 Å². The zero-order chi connectivity index (χ0) is 44.8. The van der Waals surface area contributed by atoms with Gasteiger partial charge in [0.15, 0.2) is 0 Å². The van der Waals surface area contributed by atoms with Gasteiger partial charge in [0.1, 0.15) is 30.5 Å². The van der Waals surface area contributed by atoms with E-state index in [-0.39, 0.29) is 49.9 Å². The van der Waals surface area contributed by atoms with Crippen molar-refractivity contribution >= 4 is 65.3 Å². The van der Waals surface area contributed by atoms with Gasteiger partial charge < -0.3 is 33.5 Å². The maximum Gasteiger partial charge on any atom is 0.330 e. The van der Waals surface area contributed by atoms with E-state index in [0.29, 0.717) is 83.1 Å². The van der Waals surface area contributed by atoms with Crippen LogP contribution in [0.4, 0.5) is 0 Å². The third kappa shape index (κ3) is 13.0. The van der Waals surface area contributed by atoms with E-state index in [9.17, 15) is 43.9 Å². The number of thioether (sulfide) groups is 2. The number of carboxylic acid groups (broad SMARTS) is 1. The van der Waals surface area contributed by atoms with E-state index in [1.807, 2.05) is 6.07 Å². The largest absolute Gasteiger partial charge is 0.481 e. The average molecular weight is 889 g/mol. The van der Waals surface area contributed by atoms with Crippen molar-refractivity contribution in [3.63, 3.8) is 0 Å². The van der Waals surface area contributed by atoms with Crippen molar-refractivity contribution in [1.29, 1.82) is 5.26 Å². The third-order valence-electron chi connectivity index (χ3n) is 10.4. The van der Waals surface area contributed by atoms with Crippen LogP contribution in [0.3, 0.4) is 0 Å². The van der Waals surface area contributed by atoms with Gasteiger partial charge in [0.2, 0.25) is 0 Å². The molecule has 0 spiro atoms. The minimum atomic E-state index is -0.883. The molecule has 5 rings (SSSR count). The second-order valence-electron chi connectivity index (χ2n) is 14.6. The second-order valence-corrected chi connectivity index (χ2v) is 16.9. The predicted molar refractivity (Wildman–Crippen MR) is 220 cm³/mol. The molecule has 62 heavy (non-hydrogen) atoms. The molecule has 2 aromatic carbocycles. The Morgan fingerprint density at radius 1 is 0.774 bits per heavy atom. The molecule has 0 unspecified atom stereocenters. The van der Waals surface area contributed by atoms with Crippen LogP contribution in [-0.2, 0) is 54.2 Å². The van der Waals surface area contributed by atoms with Gasteiger partial charge in [-0.05, 0) is 87.6 Å². The first-order valence-corrected chi connectivity index (χ1v) is 21.6. The van der Waals surface area contributed by atoms with Gasteiger partial charge in [-0.2, -0.15) is 0 Å². The Kier molecular flexibility index (Phi) is 17.2. The summed E-state index contributed by atoms with van der Waals surface area (Å²) in [5.41, 5.74) is 1.16. The van der Waals surface area contributed by atoms with Gasteiger partial charge in [-0.1, -0.05) is 42.2 Å². The molecule has 0 bridgehead atoms. The maximum absolute atomic E-state index is 13.5. The first-order chi connectivity index (χ1) is 29.8. The maximum atomic E-state index is 13.5. The molecule has 2 aliphatic carbocycles. The summed E-state index contributed by atoms with van der Waals surface area (Å²) < 4.78 is 32.6. The molecular weight excluding hydrogens is 845 g/mol. The predicted octanol–water partition coefficient (Wildman–Crippen LogP) is 7.06. The highest BCUT2D eigenvalue weighted by Gasteiger charge is 2.37. The van der Waals surface area contributed by atoms with E-state index < -0.39 is 65.5 Å². The van der Waals surface area contributed by atoms with Crippen molar-refractivity contribution in [1.82, 2.24) is 0 Å². The number of nitrogens with zero attached hydrogens (tertiary/aromatic N) is 2. The Bertz CT molecular complexity index is 2170. The van der Waals surface area contributed by atoms with Gasteiger partial charge in [0.25, 0.3) is 5.70 Å². The summed E-state index contributed by atoms with van der Waals surface area (Å²) in [5.74, 6) is -5.32. The first-order valence-electron chi connectivity index (χ1n) is 19.9. The monoisotopic (exact) mass is 888 g/mol. The molecule has 1 heterocycles. The van der Waals surface area contributed by atoms with Crippen LogP contribution in [0.5, 0.6) is 17.2 Å². The fourth-order valence-corrected chi connectivity index (χ4v) is 9.50. The van der Waals surface area contributed by atoms with Crippen molar-refractivity contribution in [2.24, 2.45) is 23.7 Å². The quantitative estimate of drug-likeness (QED) is 0.0319. The molecule has 326 valence electrons. The molecule has 0 aromatic heterocycles. The molecule has 0 atom stereocenters. The summed E-state index contributed by atoms with van der Waals surface area (Å²) in [7, 11) is 0. The highest BCUT2D eigenvalue weighted by molar-refractivity contribution is 8.24. The number of aliphatic carboxylic acids is 1. The number of hydrogen-bond acceptors (Lipinski definition) is 16. The molecule has 0 saturated heterocycles. The standard InChI is InChI=1S/C44H44N2O14S2/c1-4-34(47)56-21-22-57-36(49)18-17-35(48)55-20-19-26-5-15-31(16-6-26)58-41(52)28-11-13-29(14-12-28)42(53)59-33-23-25(2)37(39-38(33)61-44(62-39)32(24-45)46-3)60-43(54)30-9-7-27(8-10-30)40(50)51/h4-6,15-16,23,27-30H,1,7-14,17-22H2,2H3,(H,50,51)/b44-32+. The molecular formula is C44H44N2O14S2. The first kappa shape index (κ1) is 46.9. The molecule has 2 aromatic rings. The fourth-order valence-electron chi connectivity index (χ4n) is 6.96. The number of nitriles is 1. The Balaban J connectivity index is 1.08. The average Bonchev–Trinajstić information content (AvgIpc) is 3.72. The molecule has 2 fully saturated rings. The molecule has 2 saturated carbocycles. The van der Waals surface area contributed by atoms with Gasteiger partial charge in [-0.15, -0.1) is 0 Å². The van der Waals surface area contributed by atoms with Gasteiger partial charge in [0.05, 0.1) is 69.8 Å². The Morgan fingerprint density at radius 2 is 1.29 bits per heavy atom. The van der Waals surface area contributed by atoms with E-state index in [1.165, 1.54) is 0 Å². The minimum Gasteiger partial charge on any atom is -0.481 e. The second kappa shape index (κ2) is 22.7. The number of carbonyl (C=O) groups is 7. The number of fused-ring (bicyclic) bond motifs is 1. The normalized spacial score (nSPS) is 19.9. The number of hydrogen-bond donors (Lipinski definition) is 1. The number of carboxylic acids is 1. The summed E-state index contributed by atoms with van der Waals surface area (Å²) >= 11 is 2.17. The molecule has 1 N–H and O–H groups in total. The van der Waals surface area contributed by atoms with Crippen LogP contribution in [0, 0.1) is 48.5 Å². The van der Waals surface area contributed by atoms with Gasteiger partial charge in [-0.3, -0.25) is 28.8 Å². The molecule has 0 amide bonds. The van der Waals surface area contributed by atoms with Crippen LogP contribution in [0.1, 0.15) is 75.3 Å². The topological polar surface area (TPSA) is 223 Å². The lowest BCUT2D eigenvalue weighted by molar-refractivity contribution is -0.152. The van der Waals surface area contributed by atoms with Gasteiger partial charge in [-0.25, -0.2) is 14.9 Å². The van der Waals surface area contributed by atoms with E-state index in [0.717, 1.165) is 35.2 Å². The zero-order valence-electron chi connectivity index (χ0n) is 33.8. The van der Waals surface area contributed by atoms with E-state index in [4.69, 9.17) is 35.0 Å².